The quantitative estimate of drug-likeness (QED) is 0.399. The summed E-state index contributed by atoms with van der Waals surface area (Å²) < 4.78 is 4.85. The number of carbonyl (C=O) groups is 2. The maximum absolute atomic E-state index is 12.5. The first kappa shape index (κ1) is 20.5. The van der Waals surface area contributed by atoms with Gasteiger partial charge in [0.2, 0.25) is 0 Å². The predicted octanol–water partition coefficient (Wildman–Crippen LogP) is 2.13. The average molecular weight is 388 g/mol. The number of non-ortho nitro benzene ring substituents is 2. The number of para-hydroxylation sites is 1. The largest absolute Gasteiger partial charge is 0.383 e. The zero-order valence-electron chi connectivity index (χ0n) is 14.7. The Labute approximate surface area is 158 Å². The fraction of sp³-hybridized carbons (Fsp3) is 0.176. The van der Waals surface area contributed by atoms with Crippen molar-refractivity contribution in [2.24, 2.45) is 0 Å². The van der Waals surface area contributed by atoms with Crippen molar-refractivity contribution in [3.05, 3.63) is 73.8 Å². The molecule has 0 saturated carbocycles. The highest BCUT2D eigenvalue weighted by molar-refractivity contribution is 6.09. The number of nitro benzene ring substituents is 2. The van der Waals surface area contributed by atoms with E-state index >= 15 is 0 Å². The number of rotatable bonds is 8. The highest BCUT2D eigenvalue weighted by Gasteiger charge is 2.21. The summed E-state index contributed by atoms with van der Waals surface area (Å²) in [4.78, 5) is 45.0. The second-order valence-electron chi connectivity index (χ2n) is 5.50. The third kappa shape index (κ3) is 5.08. The minimum Gasteiger partial charge on any atom is -0.383 e. The van der Waals surface area contributed by atoms with Gasteiger partial charge < -0.3 is 15.4 Å². The molecule has 146 valence electrons. The molecule has 0 aromatic heterocycles. The fourth-order valence-corrected chi connectivity index (χ4v) is 2.28. The Balaban J connectivity index is 2.29. The summed E-state index contributed by atoms with van der Waals surface area (Å²) in [5, 5.41) is 27.0. The number of benzene rings is 2. The molecule has 2 rings (SSSR count). The molecular formula is C17H16N4O7. The molecule has 0 radical (unpaired) electrons. The van der Waals surface area contributed by atoms with Crippen molar-refractivity contribution < 1.29 is 24.2 Å². The molecular weight excluding hydrogens is 372 g/mol. The minimum atomic E-state index is -0.832. The van der Waals surface area contributed by atoms with E-state index in [1.54, 1.807) is 12.1 Å². The van der Waals surface area contributed by atoms with Crippen LogP contribution >= 0.6 is 0 Å². The van der Waals surface area contributed by atoms with Crippen molar-refractivity contribution >= 4 is 28.9 Å². The lowest BCUT2D eigenvalue weighted by molar-refractivity contribution is -0.394. The molecule has 0 atom stereocenters. The van der Waals surface area contributed by atoms with Gasteiger partial charge in [-0.2, -0.15) is 0 Å². The van der Waals surface area contributed by atoms with Crippen molar-refractivity contribution in [1.82, 2.24) is 5.32 Å². The first-order valence-electron chi connectivity index (χ1n) is 7.95. The number of anilines is 1. The number of ether oxygens (including phenoxy) is 1. The lowest BCUT2D eigenvalue weighted by Gasteiger charge is -2.11. The van der Waals surface area contributed by atoms with Gasteiger partial charge in [-0.05, 0) is 12.1 Å². The van der Waals surface area contributed by atoms with Gasteiger partial charge in [-0.3, -0.25) is 29.8 Å². The van der Waals surface area contributed by atoms with E-state index in [0.717, 1.165) is 18.2 Å². The topological polar surface area (TPSA) is 154 Å². The zero-order chi connectivity index (χ0) is 20.7. The van der Waals surface area contributed by atoms with Crippen LogP contribution in [0.25, 0.3) is 0 Å². The van der Waals surface area contributed by atoms with Gasteiger partial charge in [-0.1, -0.05) is 12.1 Å². The number of nitro groups is 2. The van der Waals surface area contributed by atoms with Crippen molar-refractivity contribution in [3.8, 4) is 0 Å². The Bertz CT molecular complexity index is 897. The molecule has 0 aliphatic rings. The average Bonchev–Trinajstić information content (AvgIpc) is 2.68. The van der Waals surface area contributed by atoms with Crippen LogP contribution < -0.4 is 10.6 Å². The molecule has 2 aromatic carbocycles. The summed E-state index contributed by atoms with van der Waals surface area (Å²) in [6.45, 7) is 0.562. The van der Waals surface area contributed by atoms with Gasteiger partial charge in [0, 0.05) is 25.8 Å². The number of methoxy groups -OCH3 is 1. The molecule has 11 nitrogen and oxygen atoms in total. The lowest BCUT2D eigenvalue weighted by Crippen LogP contribution is -2.28. The smallest absolute Gasteiger partial charge is 0.277 e. The Kier molecular flexibility index (Phi) is 6.71. The van der Waals surface area contributed by atoms with E-state index in [2.05, 4.69) is 10.6 Å². The van der Waals surface area contributed by atoms with Crippen molar-refractivity contribution in [2.45, 2.75) is 0 Å². The van der Waals surface area contributed by atoms with Crippen LogP contribution in [0.15, 0.2) is 42.5 Å². The SMILES string of the molecule is COCCNC(=O)c1ccccc1NC(=O)c1cc([N+](=O)[O-])cc([N+](=O)[O-])c1. The van der Waals surface area contributed by atoms with Crippen molar-refractivity contribution in [1.29, 1.82) is 0 Å². The number of hydrogen-bond acceptors (Lipinski definition) is 7. The Hall–Kier alpha value is -3.86. The standard InChI is InChI=1S/C17H16N4O7/c1-28-7-6-18-17(23)14-4-2-3-5-15(14)19-16(22)11-8-12(20(24)25)10-13(9-11)21(26)27/h2-5,8-10H,6-7H2,1H3,(H,18,23)(H,19,22). The number of amides is 2. The van der Waals surface area contributed by atoms with E-state index in [1.807, 2.05) is 0 Å². The molecule has 2 amide bonds. The molecule has 28 heavy (non-hydrogen) atoms. The van der Waals surface area contributed by atoms with Crippen LogP contribution in [0.2, 0.25) is 0 Å². The summed E-state index contributed by atoms with van der Waals surface area (Å²) in [7, 11) is 1.48. The zero-order valence-corrected chi connectivity index (χ0v) is 14.7. The van der Waals surface area contributed by atoms with Gasteiger partial charge >= 0.3 is 0 Å². The number of carbonyl (C=O) groups excluding carboxylic acids is 2. The molecule has 2 aromatic rings. The molecule has 0 heterocycles. The molecule has 2 N–H and O–H groups in total. The molecule has 0 bridgehead atoms. The monoisotopic (exact) mass is 388 g/mol. The molecule has 0 unspecified atom stereocenters. The second kappa shape index (κ2) is 9.19. The second-order valence-corrected chi connectivity index (χ2v) is 5.50. The van der Waals surface area contributed by atoms with Gasteiger partial charge in [0.25, 0.3) is 23.2 Å². The van der Waals surface area contributed by atoms with Crippen LogP contribution in [0.4, 0.5) is 17.1 Å². The molecule has 0 spiro atoms. The van der Waals surface area contributed by atoms with Crippen LogP contribution in [-0.4, -0.2) is 41.9 Å². The van der Waals surface area contributed by atoms with Crippen LogP contribution in [0.3, 0.4) is 0 Å². The number of nitrogens with one attached hydrogen (secondary N) is 2. The lowest BCUT2D eigenvalue weighted by atomic mass is 10.1. The van der Waals surface area contributed by atoms with Crippen LogP contribution in [0.1, 0.15) is 20.7 Å². The van der Waals surface area contributed by atoms with Gasteiger partial charge in [0.1, 0.15) is 0 Å². The molecule has 0 aliphatic heterocycles. The maximum Gasteiger partial charge on any atom is 0.277 e. The summed E-state index contributed by atoms with van der Waals surface area (Å²) in [5.41, 5.74) is -1.16. The summed E-state index contributed by atoms with van der Waals surface area (Å²) in [5.74, 6) is -1.29. The minimum absolute atomic E-state index is 0.150. The van der Waals surface area contributed by atoms with Crippen molar-refractivity contribution in [3.63, 3.8) is 0 Å². The van der Waals surface area contributed by atoms with Crippen LogP contribution in [0, 0.1) is 20.2 Å². The van der Waals surface area contributed by atoms with E-state index in [4.69, 9.17) is 4.74 Å². The van der Waals surface area contributed by atoms with E-state index in [-0.39, 0.29) is 23.4 Å². The Morgan fingerprint density at radius 3 is 2.18 bits per heavy atom. The summed E-state index contributed by atoms with van der Waals surface area (Å²) in [6, 6.07) is 8.72. The predicted molar refractivity (Wildman–Crippen MR) is 98.4 cm³/mol. The third-order valence-electron chi connectivity index (χ3n) is 3.60. The van der Waals surface area contributed by atoms with Gasteiger partial charge in [0.05, 0.1) is 39.3 Å². The van der Waals surface area contributed by atoms with E-state index in [1.165, 1.54) is 19.2 Å². The van der Waals surface area contributed by atoms with Crippen LogP contribution in [-0.2, 0) is 4.74 Å². The Morgan fingerprint density at radius 2 is 1.61 bits per heavy atom. The van der Waals surface area contributed by atoms with E-state index in [9.17, 15) is 29.8 Å². The molecule has 0 aliphatic carbocycles. The highest BCUT2D eigenvalue weighted by atomic mass is 16.6. The van der Waals surface area contributed by atoms with Crippen LogP contribution in [0.5, 0.6) is 0 Å². The first-order valence-corrected chi connectivity index (χ1v) is 7.95. The molecule has 0 saturated heterocycles. The summed E-state index contributed by atoms with van der Waals surface area (Å²) >= 11 is 0. The Morgan fingerprint density at radius 1 is 1.00 bits per heavy atom. The van der Waals surface area contributed by atoms with E-state index in [0.29, 0.717) is 6.61 Å². The number of nitrogens with zero attached hydrogens (tertiary/aromatic N) is 2. The molecule has 11 heteroatoms. The first-order chi connectivity index (χ1) is 13.3. The molecule has 0 fully saturated rings. The van der Waals surface area contributed by atoms with E-state index < -0.39 is 33.0 Å². The van der Waals surface area contributed by atoms with Gasteiger partial charge in [-0.15, -0.1) is 0 Å². The third-order valence-corrected chi connectivity index (χ3v) is 3.60. The normalized spacial score (nSPS) is 10.2. The van der Waals surface area contributed by atoms with Gasteiger partial charge in [0.15, 0.2) is 0 Å². The van der Waals surface area contributed by atoms with Gasteiger partial charge in [-0.25, -0.2) is 0 Å². The maximum atomic E-state index is 12.5. The van der Waals surface area contributed by atoms with Crippen molar-refractivity contribution in [2.75, 3.05) is 25.6 Å². The fourth-order valence-electron chi connectivity index (χ4n) is 2.28. The number of hydrogen-bond donors (Lipinski definition) is 2. The highest BCUT2D eigenvalue weighted by Crippen LogP contribution is 2.24. The summed E-state index contributed by atoms with van der Waals surface area (Å²) in [6.07, 6.45) is 0.